The van der Waals surface area contributed by atoms with E-state index in [1.165, 1.54) is 22.3 Å². The lowest BCUT2D eigenvalue weighted by atomic mass is 10.0. The number of ether oxygens (including phenoxy) is 2. The minimum atomic E-state index is 0.843. The van der Waals surface area contributed by atoms with E-state index in [9.17, 15) is 0 Å². The molecule has 0 spiro atoms. The van der Waals surface area contributed by atoms with Crippen molar-refractivity contribution in [3.8, 4) is 22.6 Å². The zero-order chi connectivity index (χ0) is 23.8. The molecule has 34 heavy (non-hydrogen) atoms. The molecular weight excluding hydrogens is 440 g/mol. The number of methoxy groups -OCH3 is 2. The number of hydrogen-bond acceptors (Lipinski definition) is 5. The highest BCUT2D eigenvalue weighted by Crippen LogP contribution is 2.35. The summed E-state index contributed by atoms with van der Waals surface area (Å²) in [5.74, 6) is 1.74. The second-order valence-electron chi connectivity index (χ2n) is 7.99. The van der Waals surface area contributed by atoms with Gasteiger partial charge in [0.25, 0.3) is 0 Å². The van der Waals surface area contributed by atoms with Gasteiger partial charge in [-0.05, 0) is 90.0 Å². The van der Waals surface area contributed by atoms with Crippen LogP contribution in [0.4, 0.5) is 11.4 Å². The third kappa shape index (κ3) is 6.06. The summed E-state index contributed by atoms with van der Waals surface area (Å²) >= 11 is 1.56. The Morgan fingerprint density at radius 2 is 1.59 bits per heavy atom. The minimum Gasteiger partial charge on any atom is -0.497 e. The van der Waals surface area contributed by atoms with Crippen molar-refractivity contribution in [2.45, 2.75) is 18.2 Å². The van der Waals surface area contributed by atoms with Crippen LogP contribution < -0.4 is 19.5 Å². The first-order chi connectivity index (χ1) is 16.7. The van der Waals surface area contributed by atoms with Crippen LogP contribution in [0.2, 0.25) is 0 Å². The molecule has 0 heterocycles. The average Bonchev–Trinajstić information content (AvgIpc) is 2.88. The van der Waals surface area contributed by atoms with Crippen LogP contribution in [0.15, 0.2) is 95.9 Å². The number of aryl methyl sites for hydroxylation is 1. The lowest BCUT2D eigenvalue weighted by molar-refractivity contribution is 0.405. The monoisotopic (exact) mass is 470 g/mol. The molecule has 0 atom stereocenters. The van der Waals surface area contributed by atoms with Gasteiger partial charge >= 0.3 is 0 Å². The van der Waals surface area contributed by atoms with Crippen molar-refractivity contribution in [2.75, 3.05) is 30.8 Å². The topological polar surface area (TPSA) is 42.5 Å². The van der Waals surface area contributed by atoms with Crippen molar-refractivity contribution < 1.29 is 9.47 Å². The van der Waals surface area contributed by atoms with Crippen LogP contribution in [0.25, 0.3) is 11.1 Å². The van der Waals surface area contributed by atoms with Crippen molar-refractivity contribution in [1.29, 1.82) is 0 Å². The van der Waals surface area contributed by atoms with Crippen molar-refractivity contribution in [3.05, 3.63) is 102 Å². The summed E-state index contributed by atoms with van der Waals surface area (Å²) in [5, 5.41) is 3.51. The van der Waals surface area contributed by atoms with Crippen molar-refractivity contribution >= 4 is 23.3 Å². The first-order valence-electron chi connectivity index (χ1n) is 11.3. The highest BCUT2D eigenvalue weighted by molar-refractivity contribution is 8.00. The van der Waals surface area contributed by atoms with Crippen LogP contribution in [0.5, 0.6) is 11.5 Å². The molecule has 4 aromatic carbocycles. The van der Waals surface area contributed by atoms with E-state index in [-0.39, 0.29) is 0 Å². The van der Waals surface area contributed by atoms with Crippen LogP contribution in [0.1, 0.15) is 11.1 Å². The van der Waals surface area contributed by atoms with Crippen LogP contribution in [-0.4, -0.2) is 20.8 Å². The fourth-order valence-corrected chi connectivity index (χ4v) is 4.60. The second-order valence-corrected chi connectivity index (χ2v) is 8.84. The van der Waals surface area contributed by atoms with Crippen LogP contribution in [0, 0.1) is 6.92 Å². The molecular formula is C29H30N2O2S. The quantitative estimate of drug-likeness (QED) is 0.236. The van der Waals surface area contributed by atoms with Crippen molar-refractivity contribution in [2.24, 2.45) is 0 Å². The molecule has 0 aliphatic carbocycles. The third-order valence-corrected chi connectivity index (χ3v) is 6.51. The molecule has 0 saturated carbocycles. The van der Waals surface area contributed by atoms with E-state index >= 15 is 0 Å². The molecule has 0 aromatic heterocycles. The SMILES string of the molecule is COc1cccc(CCNc2cccc(NSc3cc(-c4ccccc4C)ccc3OC)c2)c1. The van der Waals surface area contributed by atoms with Gasteiger partial charge in [-0.2, -0.15) is 0 Å². The first-order valence-corrected chi connectivity index (χ1v) is 12.1. The number of nitrogens with one attached hydrogen (secondary N) is 2. The highest BCUT2D eigenvalue weighted by atomic mass is 32.2. The molecule has 174 valence electrons. The maximum Gasteiger partial charge on any atom is 0.134 e. The number of rotatable bonds is 10. The van der Waals surface area contributed by atoms with Gasteiger partial charge in [-0.15, -0.1) is 0 Å². The van der Waals surface area contributed by atoms with Gasteiger partial charge in [0.2, 0.25) is 0 Å². The second kappa shape index (κ2) is 11.5. The van der Waals surface area contributed by atoms with E-state index in [0.29, 0.717) is 0 Å². The normalized spacial score (nSPS) is 10.6. The summed E-state index contributed by atoms with van der Waals surface area (Å²) in [7, 11) is 3.40. The molecule has 0 unspecified atom stereocenters. The summed E-state index contributed by atoms with van der Waals surface area (Å²) in [6.07, 6.45) is 0.923. The molecule has 5 heteroatoms. The Morgan fingerprint density at radius 1 is 0.765 bits per heavy atom. The van der Waals surface area contributed by atoms with E-state index in [1.807, 2.05) is 18.2 Å². The Labute approximate surface area is 206 Å². The fourth-order valence-electron chi connectivity index (χ4n) is 3.81. The number of hydrogen-bond donors (Lipinski definition) is 2. The highest BCUT2D eigenvalue weighted by Gasteiger charge is 2.09. The number of anilines is 2. The summed E-state index contributed by atoms with van der Waals surface area (Å²) in [5.41, 5.74) is 7.01. The van der Waals surface area contributed by atoms with Crippen LogP contribution >= 0.6 is 11.9 Å². The maximum atomic E-state index is 5.61. The van der Waals surface area contributed by atoms with Crippen LogP contribution in [-0.2, 0) is 6.42 Å². The summed E-state index contributed by atoms with van der Waals surface area (Å²) in [6.45, 7) is 2.98. The maximum absolute atomic E-state index is 5.61. The predicted octanol–water partition coefficient (Wildman–Crippen LogP) is 7.45. The van der Waals surface area contributed by atoms with E-state index in [1.54, 1.807) is 26.2 Å². The van der Waals surface area contributed by atoms with Gasteiger partial charge in [0.05, 0.1) is 19.1 Å². The fraction of sp³-hybridized carbons (Fsp3) is 0.172. The molecule has 0 saturated heterocycles. The summed E-state index contributed by atoms with van der Waals surface area (Å²) in [4.78, 5) is 1.04. The summed E-state index contributed by atoms with van der Waals surface area (Å²) < 4.78 is 14.4. The van der Waals surface area contributed by atoms with Gasteiger partial charge in [0.15, 0.2) is 0 Å². The smallest absolute Gasteiger partial charge is 0.134 e. The molecule has 0 radical (unpaired) electrons. The molecule has 0 aliphatic rings. The van der Waals surface area contributed by atoms with E-state index in [2.05, 4.69) is 89.8 Å². The largest absolute Gasteiger partial charge is 0.497 e. The zero-order valence-electron chi connectivity index (χ0n) is 19.8. The van der Waals surface area contributed by atoms with E-state index in [0.717, 1.165) is 40.7 Å². The summed E-state index contributed by atoms with van der Waals surface area (Å²) in [6, 6.07) is 31.3. The Bertz CT molecular complexity index is 1240. The minimum absolute atomic E-state index is 0.843. The molecule has 0 bridgehead atoms. The first kappa shape index (κ1) is 23.6. The lowest BCUT2D eigenvalue weighted by Crippen LogP contribution is -2.05. The van der Waals surface area contributed by atoms with Gasteiger partial charge < -0.3 is 19.5 Å². The Morgan fingerprint density at radius 3 is 2.41 bits per heavy atom. The van der Waals surface area contributed by atoms with Gasteiger partial charge in [-0.3, -0.25) is 0 Å². The average molecular weight is 471 g/mol. The van der Waals surface area contributed by atoms with Crippen molar-refractivity contribution in [3.63, 3.8) is 0 Å². The van der Waals surface area contributed by atoms with Gasteiger partial charge in [0, 0.05) is 17.9 Å². The molecule has 0 fully saturated rings. The van der Waals surface area contributed by atoms with Crippen LogP contribution in [0.3, 0.4) is 0 Å². The van der Waals surface area contributed by atoms with E-state index in [4.69, 9.17) is 9.47 Å². The molecule has 2 N–H and O–H groups in total. The molecule has 0 aliphatic heterocycles. The van der Waals surface area contributed by atoms with E-state index < -0.39 is 0 Å². The van der Waals surface area contributed by atoms with Crippen molar-refractivity contribution in [1.82, 2.24) is 0 Å². The van der Waals surface area contributed by atoms with Gasteiger partial charge in [-0.1, -0.05) is 48.5 Å². The Hall–Kier alpha value is -3.57. The Kier molecular flexibility index (Phi) is 7.99. The molecule has 4 aromatic rings. The molecule has 4 rings (SSSR count). The van der Waals surface area contributed by atoms with Gasteiger partial charge in [-0.25, -0.2) is 0 Å². The molecule has 0 amide bonds. The zero-order valence-corrected chi connectivity index (χ0v) is 20.6. The molecule has 4 nitrogen and oxygen atoms in total. The predicted molar refractivity (Wildman–Crippen MR) is 144 cm³/mol. The lowest BCUT2D eigenvalue weighted by Gasteiger charge is -2.14. The van der Waals surface area contributed by atoms with Gasteiger partial charge in [0.1, 0.15) is 11.5 Å². The third-order valence-electron chi connectivity index (χ3n) is 5.64. The standard InChI is InChI=1S/C29H30N2O2S/c1-21-8-4-5-13-27(21)23-14-15-28(33-3)29(19-23)34-31-25-11-7-10-24(20-25)30-17-16-22-9-6-12-26(18-22)32-2/h4-15,18-20,30-31H,16-17H2,1-3H3. The Balaban J connectivity index is 1.40. The number of benzene rings is 4.